The first-order chi connectivity index (χ1) is 9.11. The third-order valence-corrected chi connectivity index (χ3v) is 6.92. The van der Waals surface area contributed by atoms with Crippen molar-refractivity contribution in [2.45, 2.75) is 24.3 Å². The summed E-state index contributed by atoms with van der Waals surface area (Å²) in [7, 11) is -7.05. The molecule has 0 bridgehead atoms. The number of hydrogen-bond donors (Lipinski definition) is 2. The maximum Gasteiger partial charge on any atom is 0.242 e. The minimum atomic E-state index is -3.89. The molecule has 1 aromatic carbocycles. The average molecular weight is 339 g/mol. The molecule has 1 aliphatic rings. The van der Waals surface area contributed by atoms with Gasteiger partial charge >= 0.3 is 0 Å². The van der Waals surface area contributed by atoms with Crippen LogP contribution >= 0.6 is 11.6 Å². The van der Waals surface area contributed by atoms with Crippen LogP contribution in [0.2, 0.25) is 5.02 Å². The highest BCUT2D eigenvalue weighted by Crippen LogP contribution is 2.27. The van der Waals surface area contributed by atoms with E-state index in [2.05, 4.69) is 4.72 Å². The number of nitrogens with one attached hydrogen (secondary N) is 1. The second kappa shape index (κ2) is 5.18. The number of sulfone groups is 1. The highest BCUT2D eigenvalue weighted by atomic mass is 35.5. The normalized spacial score (nSPS) is 22.0. The van der Waals surface area contributed by atoms with Gasteiger partial charge in [0.2, 0.25) is 10.0 Å². The van der Waals surface area contributed by atoms with Crippen molar-refractivity contribution in [1.29, 1.82) is 0 Å². The molecule has 1 unspecified atom stereocenters. The molecule has 20 heavy (non-hydrogen) atoms. The molecule has 0 radical (unpaired) electrons. The standard InChI is InChI=1S/C11H15ClN2O4S2/c1-7-4-9(12)11(5-10(7)13)20(17,18)14-8-2-3-19(15,16)6-8/h4-5,8,14H,2-3,6,13H2,1H3. The Morgan fingerprint density at radius 2 is 2.05 bits per heavy atom. The van der Waals surface area contributed by atoms with Gasteiger partial charge in [-0.2, -0.15) is 0 Å². The first-order valence-electron chi connectivity index (χ1n) is 5.89. The lowest BCUT2D eigenvalue weighted by molar-refractivity contribution is 0.562. The summed E-state index contributed by atoms with van der Waals surface area (Å²) in [4.78, 5) is -0.133. The van der Waals surface area contributed by atoms with Crippen LogP contribution in [0.25, 0.3) is 0 Å². The molecule has 6 nitrogen and oxygen atoms in total. The van der Waals surface area contributed by atoms with Gasteiger partial charge in [0.1, 0.15) is 4.90 Å². The number of hydrogen-bond acceptors (Lipinski definition) is 5. The number of aryl methyl sites for hydroxylation is 1. The Labute approximate surface area is 123 Å². The first kappa shape index (κ1) is 15.6. The van der Waals surface area contributed by atoms with Crippen LogP contribution in [0.1, 0.15) is 12.0 Å². The van der Waals surface area contributed by atoms with Gasteiger partial charge in [-0.3, -0.25) is 0 Å². The second-order valence-corrected chi connectivity index (χ2v) is 9.18. The number of nitrogen functional groups attached to an aromatic ring is 1. The number of sulfonamides is 1. The third-order valence-electron chi connectivity index (χ3n) is 3.16. The smallest absolute Gasteiger partial charge is 0.242 e. The zero-order valence-electron chi connectivity index (χ0n) is 10.8. The summed E-state index contributed by atoms with van der Waals surface area (Å²) < 4.78 is 49.5. The molecule has 3 N–H and O–H groups in total. The Morgan fingerprint density at radius 1 is 1.40 bits per heavy atom. The van der Waals surface area contributed by atoms with E-state index >= 15 is 0 Å². The van der Waals surface area contributed by atoms with E-state index in [9.17, 15) is 16.8 Å². The van der Waals surface area contributed by atoms with Crippen molar-refractivity contribution in [2.24, 2.45) is 0 Å². The van der Waals surface area contributed by atoms with E-state index in [1.54, 1.807) is 6.92 Å². The number of rotatable bonds is 3. The summed E-state index contributed by atoms with van der Waals surface area (Å²) in [5.41, 5.74) is 6.68. The van der Waals surface area contributed by atoms with Gasteiger partial charge in [0.05, 0.1) is 16.5 Å². The van der Waals surface area contributed by atoms with Gasteiger partial charge in [-0.05, 0) is 31.0 Å². The summed E-state index contributed by atoms with van der Waals surface area (Å²) in [6, 6.07) is 2.13. The van der Waals surface area contributed by atoms with Crippen LogP contribution in [-0.2, 0) is 19.9 Å². The number of anilines is 1. The van der Waals surface area contributed by atoms with E-state index in [0.29, 0.717) is 11.3 Å². The molecule has 1 fully saturated rings. The zero-order chi connectivity index (χ0) is 15.1. The lowest BCUT2D eigenvalue weighted by Crippen LogP contribution is -2.35. The van der Waals surface area contributed by atoms with E-state index in [1.165, 1.54) is 12.1 Å². The molecule has 1 aliphatic heterocycles. The van der Waals surface area contributed by atoms with Crippen LogP contribution in [0.4, 0.5) is 5.69 Å². The zero-order valence-corrected chi connectivity index (χ0v) is 13.1. The van der Waals surface area contributed by atoms with Crippen LogP contribution < -0.4 is 10.5 Å². The van der Waals surface area contributed by atoms with Crippen LogP contribution in [-0.4, -0.2) is 34.4 Å². The van der Waals surface area contributed by atoms with Gasteiger partial charge in [0, 0.05) is 11.7 Å². The second-order valence-electron chi connectivity index (χ2n) is 4.86. The number of benzene rings is 1. The van der Waals surface area contributed by atoms with Crippen LogP contribution in [0.5, 0.6) is 0 Å². The van der Waals surface area contributed by atoms with Crippen molar-refractivity contribution in [1.82, 2.24) is 4.72 Å². The van der Waals surface area contributed by atoms with Crippen molar-refractivity contribution in [3.8, 4) is 0 Å². The fraction of sp³-hybridized carbons (Fsp3) is 0.455. The van der Waals surface area contributed by atoms with Crippen LogP contribution in [0.15, 0.2) is 17.0 Å². The predicted molar refractivity (Wildman–Crippen MR) is 78.0 cm³/mol. The molecule has 1 saturated heterocycles. The summed E-state index contributed by atoms with van der Waals surface area (Å²) in [5, 5.41) is 0.0602. The Kier molecular flexibility index (Phi) is 4.03. The number of halogens is 1. The quantitative estimate of drug-likeness (QED) is 0.789. The van der Waals surface area contributed by atoms with Crippen molar-refractivity contribution >= 4 is 37.1 Å². The number of nitrogens with two attached hydrogens (primary N) is 1. The fourth-order valence-corrected chi connectivity index (χ4v) is 5.71. The lowest BCUT2D eigenvalue weighted by atomic mass is 10.2. The minimum absolute atomic E-state index is 0.00996. The first-order valence-corrected chi connectivity index (χ1v) is 9.57. The molecule has 0 aliphatic carbocycles. The SMILES string of the molecule is Cc1cc(Cl)c(S(=O)(=O)NC2CCS(=O)(=O)C2)cc1N. The largest absolute Gasteiger partial charge is 0.398 e. The molecule has 1 atom stereocenters. The summed E-state index contributed by atoms with van der Waals surface area (Å²) >= 11 is 5.93. The summed E-state index contributed by atoms with van der Waals surface area (Å²) in [5.74, 6) is -0.199. The topological polar surface area (TPSA) is 106 Å². The monoisotopic (exact) mass is 338 g/mol. The molecule has 2 rings (SSSR count). The summed E-state index contributed by atoms with van der Waals surface area (Å²) in [6.07, 6.45) is 0.264. The van der Waals surface area contributed by atoms with E-state index < -0.39 is 25.9 Å². The van der Waals surface area contributed by atoms with Crippen molar-refractivity contribution in [2.75, 3.05) is 17.2 Å². The molecule has 0 spiro atoms. The molecule has 112 valence electrons. The maximum atomic E-state index is 12.2. The highest BCUT2D eigenvalue weighted by molar-refractivity contribution is 7.92. The Morgan fingerprint density at radius 3 is 2.60 bits per heavy atom. The maximum absolute atomic E-state index is 12.2. The van der Waals surface area contributed by atoms with Gasteiger partial charge in [0.15, 0.2) is 9.84 Å². The van der Waals surface area contributed by atoms with E-state index in [1.807, 2.05) is 0 Å². The molecule has 0 aromatic heterocycles. The molecule has 0 amide bonds. The predicted octanol–water partition coefficient (Wildman–Crippen LogP) is 0.696. The Hall–Kier alpha value is -0.830. The Bertz CT molecular complexity index is 744. The van der Waals surface area contributed by atoms with Crippen LogP contribution in [0, 0.1) is 6.92 Å². The van der Waals surface area contributed by atoms with Crippen molar-refractivity contribution < 1.29 is 16.8 Å². The van der Waals surface area contributed by atoms with Gasteiger partial charge in [-0.15, -0.1) is 0 Å². The van der Waals surface area contributed by atoms with Gasteiger partial charge in [-0.25, -0.2) is 21.6 Å². The third kappa shape index (κ3) is 3.25. The highest BCUT2D eigenvalue weighted by Gasteiger charge is 2.32. The van der Waals surface area contributed by atoms with E-state index in [4.69, 9.17) is 17.3 Å². The molecule has 9 heteroatoms. The van der Waals surface area contributed by atoms with Crippen molar-refractivity contribution in [3.63, 3.8) is 0 Å². The molecule has 1 heterocycles. The van der Waals surface area contributed by atoms with Crippen LogP contribution in [0.3, 0.4) is 0 Å². The lowest BCUT2D eigenvalue weighted by Gasteiger charge is -2.14. The molecule has 1 aromatic rings. The van der Waals surface area contributed by atoms with E-state index in [-0.39, 0.29) is 27.8 Å². The average Bonchev–Trinajstić information content (AvgIpc) is 2.62. The molecule has 0 saturated carbocycles. The molecular formula is C11H15ClN2O4S2. The summed E-state index contributed by atoms with van der Waals surface area (Å²) in [6.45, 7) is 1.72. The van der Waals surface area contributed by atoms with Gasteiger partial charge in [-0.1, -0.05) is 11.6 Å². The van der Waals surface area contributed by atoms with Gasteiger partial charge < -0.3 is 5.73 Å². The molecular weight excluding hydrogens is 324 g/mol. The Balaban J connectivity index is 2.30. The van der Waals surface area contributed by atoms with Gasteiger partial charge in [0.25, 0.3) is 0 Å². The van der Waals surface area contributed by atoms with E-state index in [0.717, 1.165) is 0 Å². The fourth-order valence-electron chi connectivity index (χ4n) is 2.05. The minimum Gasteiger partial charge on any atom is -0.398 e. The van der Waals surface area contributed by atoms with Crippen molar-refractivity contribution in [3.05, 3.63) is 22.7 Å².